The molecule has 0 saturated carbocycles. The maximum atomic E-state index is 9.64. The van der Waals surface area contributed by atoms with E-state index in [1.807, 2.05) is 12.2 Å². The van der Waals surface area contributed by atoms with E-state index in [4.69, 9.17) is 0 Å². The monoisotopic (exact) mass is 407 g/mol. The van der Waals surface area contributed by atoms with E-state index in [-0.39, 0.29) is 11.5 Å². The Bertz CT molecular complexity index is 1130. The number of nitrogens with zero attached hydrogens (tertiary/aromatic N) is 1. The Balaban J connectivity index is 1.65. The van der Waals surface area contributed by atoms with Gasteiger partial charge in [-0.3, -0.25) is 0 Å². The SMILES string of the molecule is Cc1ccc(N(c2ccc(C)cc2)c2ccc(C=Cc3cc(O)cc(O)c3)cc2)cc1. The first-order valence-corrected chi connectivity index (χ1v) is 10.2. The van der Waals surface area contributed by atoms with Crippen LogP contribution in [0, 0.1) is 13.8 Å². The molecule has 0 bridgehead atoms. The number of rotatable bonds is 5. The number of hydrogen-bond donors (Lipinski definition) is 2. The van der Waals surface area contributed by atoms with Crippen molar-refractivity contribution in [2.45, 2.75) is 13.8 Å². The number of phenolic OH excluding ortho intramolecular Hbond substituents is 2. The lowest BCUT2D eigenvalue weighted by Gasteiger charge is -2.25. The molecule has 0 aliphatic rings. The molecule has 0 aliphatic carbocycles. The van der Waals surface area contributed by atoms with Crippen molar-refractivity contribution in [1.29, 1.82) is 0 Å². The second-order valence-electron chi connectivity index (χ2n) is 7.71. The summed E-state index contributed by atoms with van der Waals surface area (Å²) >= 11 is 0. The van der Waals surface area contributed by atoms with Crippen LogP contribution < -0.4 is 4.90 Å². The van der Waals surface area contributed by atoms with Crippen LogP contribution in [0.15, 0.2) is 91.0 Å². The summed E-state index contributed by atoms with van der Waals surface area (Å²) in [5.74, 6) is 0.0867. The van der Waals surface area contributed by atoms with E-state index < -0.39 is 0 Å². The summed E-state index contributed by atoms with van der Waals surface area (Å²) in [4.78, 5) is 2.24. The molecule has 4 aromatic carbocycles. The molecule has 2 N–H and O–H groups in total. The molecule has 4 aromatic rings. The fourth-order valence-electron chi connectivity index (χ4n) is 3.48. The zero-order valence-corrected chi connectivity index (χ0v) is 17.7. The molecule has 0 atom stereocenters. The van der Waals surface area contributed by atoms with Gasteiger partial charge in [0.2, 0.25) is 0 Å². The zero-order chi connectivity index (χ0) is 21.8. The predicted molar refractivity (Wildman–Crippen MR) is 129 cm³/mol. The van der Waals surface area contributed by atoms with Gasteiger partial charge in [-0.1, -0.05) is 59.7 Å². The summed E-state index contributed by atoms with van der Waals surface area (Å²) in [7, 11) is 0. The highest BCUT2D eigenvalue weighted by molar-refractivity contribution is 5.78. The number of phenols is 2. The number of benzene rings is 4. The van der Waals surface area contributed by atoms with Crippen LogP contribution in [0.1, 0.15) is 22.3 Å². The Hall–Kier alpha value is -3.98. The Kier molecular flexibility index (Phi) is 5.76. The van der Waals surface area contributed by atoms with Crippen molar-refractivity contribution in [3.63, 3.8) is 0 Å². The molecule has 0 radical (unpaired) electrons. The van der Waals surface area contributed by atoms with Crippen molar-refractivity contribution >= 4 is 29.2 Å². The largest absolute Gasteiger partial charge is 0.508 e. The molecule has 154 valence electrons. The van der Waals surface area contributed by atoms with Crippen LogP contribution in [0.5, 0.6) is 11.5 Å². The van der Waals surface area contributed by atoms with Crippen LogP contribution in [0.4, 0.5) is 17.1 Å². The van der Waals surface area contributed by atoms with E-state index in [0.29, 0.717) is 0 Å². The number of hydrogen-bond acceptors (Lipinski definition) is 3. The summed E-state index contributed by atoms with van der Waals surface area (Å²) in [5, 5.41) is 19.3. The first-order chi connectivity index (χ1) is 15.0. The van der Waals surface area contributed by atoms with Crippen LogP contribution in [0.3, 0.4) is 0 Å². The molecule has 31 heavy (non-hydrogen) atoms. The Labute approximate surface area is 183 Å². The van der Waals surface area contributed by atoms with Crippen molar-refractivity contribution in [3.8, 4) is 11.5 Å². The lowest BCUT2D eigenvalue weighted by Crippen LogP contribution is -2.09. The number of anilines is 3. The van der Waals surface area contributed by atoms with Gasteiger partial charge in [-0.15, -0.1) is 0 Å². The molecular formula is C28H25NO2. The Morgan fingerprint density at radius 1 is 0.516 bits per heavy atom. The van der Waals surface area contributed by atoms with Gasteiger partial charge in [0.15, 0.2) is 0 Å². The predicted octanol–water partition coefficient (Wildman–Crippen LogP) is 7.35. The third-order valence-electron chi connectivity index (χ3n) is 5.13. The summed E-state index contributed by atoms with van der Waals surface area (Å²) in [6, 6.07) is 29.9. The minimum atomic E-state index is 0.0434. The fraction of sp³-hybridized carbons (Fsp3) is 0.0714. The van der Waals surface area contributed by atoms with Gasteiger partial charge in [0.1, 0.15) is 11.5 Å². The number of aromatic hydroxyl groups is 2. The molecule has 4 rings (SSSR count). The Morgan fingerprint density at radius 3 is 1.35 bits per heavy atom. The minimum absolute atomic E-state index is 0.0434. The maximum absolute atomic E-state index is 9.64. The van der Waals surface area contributed by atoms with Crippen molar-refractivity contribution in [2.24, 2.45) is 0 Å². The summed E-state index contributed by atoms with van der Waals surface area (Å²) in [5.41, 5.74) is 7.50. The topological polar surface area (TPSA) is 43.7 Å². The maximum Gasteiger partial charge on any atom is 0.119 e. The van der Waals surface area contributed by atoms with Crippen LogP contribution >= 0.6 is 0 Å². The van der Waals surface area contributed by atoms with Crippen molar-refractivity contribution in [2.75, 3.05) is 4.90 Å². The highest BCUT2D eigenvalue weighted by atomic mass is 16.3. The van der Waals surface area contributed by atoms with E-state index in [0.717, 1.165) is 28.2 Å². The highest BCUT2D eigenvalue weighted by Crippen LogP contribution is 2.35. The average molecular weight is 408 g/mol. The lowest BCUT2D eigenvalue weighted by atomic mass is 10.1. The van der Waals surface area contributed by atoms with Gasteiger partial charge >= 0.3 is 0 Å². The zero-order valence-electron chi connectivity index (χ0n) is 17.7. The van der Waals surface area contributed by atoms with E-state index >= 15 is 0 Å². The first-order valence-electron chi connectivity index (χ1n) is 10.2. The Morgan fingerprint density at radius 2 is 0.903 bits per heavy atom. The summed E-state index contributed by atoms with van der Waals surface area (Å²) in [6.45, 7) is 4.18. The van der Waals surface area contributed by atoms with E-state index in [1.165, 1.54) is 17.2 Å². The van der Waals surface area contributed by atoms with Gasteiger partial charge in [-0.05, 0) is 73.5 Å². The molecule has 0 spiro atoms. The smallest absolute Gasteiger partial charge is 0.119 e. The van der Waals surface area contributed by atoms with Crippen LogP contribution in [0.25, 0.3) is 12.2 Å². The van der Waals surface area contributed by atoms with Crippen molar-refractivity contribution in [1.82, 2.24) is 0 Å². The third kappa shape index (κ3) is 4.96. The van der Waals surface area contributed by atoms with Crippen LogP contribution in [-0.4, -0.2) is 10.2 Å². The molecule has 0 heterocycles. The molecule has 0 unspecified atom stereocenters. The van der Waals surface area contributed by atoms with Gasteiger partial charge < -0.3 is 15.1 Å². The standard InChI is InChI=1S/C28H25NO2/c1-20-3-11-24(12-4-20)29(25-13-5-21(2)6-14-25)26-15-9-22(10-16-26)7-8-23-17-27(30)19-28(31)18-23/h3-19,30-31H,1-2H3. The second kappa shape index (κ2) is 8.80. The quantitative estimate of drug-likeness (QED) is 0.340. The first kappa shape index (κ1) is 20.3. The highest BCUT2D eigenvalue weighted by Gasteiger charge is 2.12. The van der Waals surface area contributed by atoms with Gasteiger partial charge in [0, 0.05) is 23.1 Å². The fourth-order valence-corrected chi connectivity index (χ4v) is 3.48. The van der Waals surface area contributed by atoms with Crippen molar-refractivity contribution < 1.29 is 10.2 Å². The third-order valence-corrected chi connectivity index (χ3v) is 5.13. The molecular weight excluding hydrogens is 382 g/mol. The average Bonchev–Trinajstić information content (AvgIpc) is 2.75. The number of aryl methyl sites for hydroxylation is 2. The molecule has 0 amide bonds. The van der Waals surface area contributed by atoms with Gasteiger partial charge in [0.05, 0.1) is 0 Å². The summed E-state index contributed by atoms with van der Waals surface area (Å²) < 4.78 is 0. The van der Waals surface area contributed by atoms with E-state index in [9.17, 15) is 10.2 Å². The van der Waals surface area contributed by atoms with Gasteiger partial charge in [0.25, 0.3) is 0 Å². The normalized spacial score (nSPS) is 11.0. The van der Waals surface area contributed by atoms with E-state index in [1.54, 1.807) is 12.1 Å². The molecule has 0 aliphatic heterocycles. The molecule has 0 aromatic heterocycles. The summed E-state index contributed by atoms with van der Waals surface area (Å²) in [6.07, 6.45) is 3.83. The lowest BCUT2D eigenvalue weighted by molar-refractivity contribution is 0.450. The van der Waals surface area contributed by atoms with Crippen LogP contribution in [0.2, 0.25) is 0 Å². The van der Waals surface area contributed by atoms with Gasteiger partial charge in [-0.25, -0.2) is 0 Å². The van der Waals surface area contributed by atoms with Crippen LogP contribution in [-0.2, 0) is 0 Å². The van der Waals surface area contributed by atoms with Gasteiger partial charge in [-0.2, -0.15) is 0 Å². The van der Waals surface area contributed by atoms with E-state index in [2.05, 4.69) is 91.5 Å². The molecule has 0 saturated heterocycles. The minimum Gasteiger partial charge on any atom is -0.508 e. The molecule has 0 fully saturated rings. The van der Waals surface area contributed by atoms with Crippen molar-refractivity contribution in [3.05, 3.63) is 113 Å². The molecule has 3 nitrogen and oxygen atoms in total. The second-order valence-corrected chi connectivity index (χ2v) is 7.71. The molecule has 3 heteroatoms.